The van der Waals surface area contributed by atoms with Gasteiger partial charge >= 0.3 is 0 Å². The molecule has 3 rings (SSSR count). The average Bonchev–Trinajstić information content (AvgIpc) is 2.59. The first-order valence-electron chi connectivity index (χ1n) is 7.71. The Labute approximate surface area is 135 Å². The molecule has 4 nitrogen and oxygen atoms in total. The summed E-state index contributed by atoms with van der Waals surface area (Å²) in [5, 5.41) is 4.39. The van der Waals surface area contributed by atoms with Crippen molar-refractivity contribution in [2.45, 2.75) is 13.0 Å². The number of fused-ring (bicyclic) bond motifs is 1. The van der Waals surface area contributed by atoms with E-state index in [1.54, 1.807) is 7.11 Å². The van der Waals surface area contributed by atoms with Gasteiger partial charge in [0, 0.05) is 17.6 Å². The van der Waals surface area contributed by atoms with Crippen molar-refractivity contribution >= 4 is 10.9 Å². The van der Waals surface area contributed by atoms with Crippen LogP contribution in [0.2, 0.25) is 0 Å². The van der Waals surface area contributed by atoms with E-state index in [9.17, 15) is 4.79 Å². The second-order valence-electron chi connectivity index (χ2n) is 5.49. The SMILES string of the molecule is COc1ccc(CCNCc2cc3ccccc3[nH]c2=O)cc1. The Morgan fingerprint density at radius 2 is 1.87 bits per heavy atom. The van der Waals surface area contributed by atoms with Crippen molar-refractivity contribution in [1.82, 2.24) is 10.3 Å². The van der Waals surface area contributed by atoms with Crippen LogP contribution < -0.4 is 15.6 Å². The van der Waals surface area contributed by atoms with Crippen molar-refractivity contribution in [3.63, 3.8) is 0 Å². The number of aromatic amines is 1. The third-order valence-corrected chi connectivity index (χ3v) is 3.90. The van der Waals surface area contributed by atoms with Crippen molar-refractivity contribution in [1.29, 1.82) is 0 Å². The van der Waals surface area contributed by atoms with Gasteiger partial charge in [-0.05, 0) is 48.2 Å². The van der Waals surface area contributed by atoms with Crippen LogP contribution in [0.1, 0.15) is 11.1 Å². The minimum atomic E-state index is -0.0272. The molecule has 0 aliphatic carbocycles. The number of ether oxygens (including phenoxy) is 1. The lowest BCUT2D eigenvalue weighted by Gasteiger charge is -2.07. The summed E-state index contributed by atoms with van der Waals surface area (Å²) < 4.78 is 5.15. The second-order valence-corrected chi connectivity index (χ2v) is 5.49. The van der Waals surface area contributed by atoms with Crippen molar-refractivity contribution in [2.24, 2.45) is 0 Å². The highest BCUT2D eigenvalue weighted by atomic mass is 16.5. The van der Waals surface area contributed by atoms with E-state index in [1.165, 1.54) is 5.56 Å². The predicted octanol–water partition coefficient (Wildman–Crippen LogP) is 2.87. The van der Waals surface area contributed by atoms with Crippen LogP contribution in [-0.4, -0.2) is 18.6 Å². The summed E-state index contributed by atoms with van der Waals surface area (Å²) in [5.41, 5.74) is 2.85. The van der Waals surface area contributed by atoms with Crippen LogP contribution in [0.3, 0.4) is 0 Å². The maximum atomic E-state index is 12.1. The van der Waals surface area contributed by atoms with Crippen molar-refractivity contribution < 1.29 is 4.74 Å². The van der Waals surface area contributed by atoms with Crippen LogP contribution in [0, 0.1) is 0 Å². The number of pyridine rings is 1. The van der Waals surface area contributed by atoms with Crippen LogP contribution in [0.25, 0.3) is 10.9 Å². The van der Waals surface area contributed by atoms with E-state index in [0.29, 0.717) is 6.54 Å². The van der Waals surface area contributed by atoms with Gasteiger partial charge in [-0.2, -0.15) is 0 Å². The van der Waals surface area contributed by atoms with E-state index in [4.69, 9.17) is 4.74 Å². The van der Waals surface area contributed by atoms with Gasteiger partial charge in [0.1, 0.15) is 5.75 Å². The topological polar surface area (TPSA) is 54.1 Å². The summed E-state index contributed by atoms with van der Waals surface area (Å²) in [6.45, 7) is 1.38. The second kappa shape index (κ2) is 7.11. The quantitative estimate of drug-likeness (QED) is 0.689. The predicted molar refractivity (Wildman–Crippen MR) is 93.0 cm³/mol. The number of methoxy groups -OCH3 is 1. The maximum absolute atomic E-state index is 12.1. The normalized spacial score (nSPS) is 10.8. The van der Waals surface area contributed by atoms with Gasteiger partial charge in [0.25, 0.3) is 5.56 Å². The highest BCUT2D eigenvalue weighted by Gasteiger charge is 2.02. The molecule has 0 aliphatic heterocycles. The van der Waals surface area contributed by atoms with Gasteiger partial charge in [0.05, 0.1) is 7.11 Å². The molecule has 1 aromatic heterocycles. The lowest BCUT2D eigenvalue weighted by Crippen LogP contribution is -2.22. The molecule has 0 radical (unpaired) electrons. The molecule has 0 saturated heterocycles. The van der Waals surface area contributed by atoms with Crippen LogP contribution in [-0.2, 0) is 13.0 Å². The molecule has 23 heavy (non-hydrogen) atoms. The third kappa shape index (κ3) is 3.79. The van der Waals surface area contributed by atoms with E-state index >= 15 is 0 Å². The van der Waals surface area contributed by atoms with Gasteiger partial charge in [0.15, 0.2) is 0 Å². The molecule has 0 atom stereocenters. The molecule has 0 saturated carbocycles. The molecule has 0 aliphatic rings. The highest BCUT2D eigenvalue weighted by Crippen LogP contribution is 2.12. The molecule has 3 aromatic rings. The first kappa shape index (κ1) is 15.3. The number of benzene rings is 2. The number of rotatable bonds is 6. The summed E-state index contributed by atoms with van der Waals surface area (Å²) in [5.74, 6) is 0.865. The summed E-state index contributed by atoms with van der Waals surface area (Å²) in [4.78, 5) is 15.0. The largest absolute Gasteiger partial charge is 0.497 e. The Morgan fingerprint density at radius 3 is 2.65 bits per heavy atom. The number of hydrogen-bond acceptors (Lipinski definition) is 3. The van der Waals surface area contributed by atoms with Gasteiger partial charge in [0.2, 0.25) is 0 Å². The fourth-order valence-corrected chi connectivity index (χ4v) is 2.57. The summed E-state index contributed by atoms with van der Waals surface area (Å²) in [7, 11) is 1.66. The zero-order chi connectivity index (χ0) is 16.1. The standard InChI is InChI=1S/C19H20N2O2/c1-23-17-8-6-14(7-9-17)10-11-20-13-16-12-15-4-2-3-5-18(15)21-19(16)22/h2-9,12,20H,10-11,13H2,1H3,(H,21,22). The number of hydrogen-bond donors (Lipinski definition) is 2. The van der Waals surface area contributed by atoms with Crippen LogP contribution >= 0.6 is 0 Å². The molecule has 118 valence electrons. The Morgan fingerprint density at radius 1 is 1.09 bits per heavy atom. The third-order valence-electron chi connectivity index (χ3n) is 3.90. The van der Waals surface area contributed by atoms with Gasteiger partial charge in [-0.1, -0.05) is 30.3 Å². The molecular formula is C19H20N2O2. The van der Waals surface area contributed by atoms with Crippen molar-refractivity contribution in [2.75, 3.05) is 13.7 Å². The molecule has 0 unspecified atom stereocenters. The molecule has 2 aromatic carbocycles. The van der Waals surface area contributed by atoms with E-state index in [1.807, 2.05) is 42.5 Å². The van der Waals surface area contributed by atoms with Crippen LogP contribution in [0.4, 0.5) is 0 Å². The van der Waals surface area contributed by atoms with Gasteiger partial charge < -0.3 is 15.0 Å². The molecule has 2 N–H and O–H groups in total. The lowest BCUT2D eigenvalue weighted by atomic mass is 10.1. The highest BCUT2D eigenvalue weighted by molar-refractivity contribution is 5.78. The maximum Gasteiger partial charge on any atom is 0.252 e. The molecule has 0 spiro atoms. The fourth-order valence-electron chi connectivity index (χ4n) is 2.57. The van der Waals surface area contributed by atoms with E-state index < -0.39 is 0 Å². The number of aromatic nitrogens is 1. The van der Waals surface area contributed by atoms with E-state index in [0.717, 1.165) is 35.2 Å². The molecular weight excluding hydrogens is 288 g/mol. The van der Waals surface area contributed by atoms with Crippen LogP contribution in [0.15, 0.2) is 59.4 Å². The summed E-state index contributed by atoms with van der Waals surface area (Å²) in [6, 6.07) is 17.8. The first-order valence-corrected chi connectivity index (χ1v) is 7.71. The Bertz CT molecular complexity index is 838. The smallest absolute Gasteiger partial charge is 0.252 e. The van der Waals surface area contributed by atoms with Crippen molar-refractivity contribution in [3.8, 4) is 5.75 Å². The van der Waals surface area contributed by atoms with E-state index in [2.05, 4.69) is 22.4 Å². The van der Waals surface area contributed by atoms with Crippen molar-refractivity contribution in [3.05, 3.63) is 76.1 Å². The van der Waals surface area contributed by atoms with Gasteiger partial charge in [-0.25, -0.2) is 0 Å². The summed E-state index contributed by atoms with van der Waals surface area (Å²) >= 11 is 0. The number of para-hydroxylation sites is 1. The molecule has 4 heteroatoms. The van der Waals surface area contributed by atoms with E-state index in [-0.39, 0.29) is 5.56 Å². The molecule has 1 heterocycles. The molecule has 0 fully saturated rings. The zero-order valence-corrected chi connectivity index (χ0v) is 13.1. The fraction of sp³-hybridized carbons (Fsp3) is 0.211. The summed E-state index contributed by atoms with van der Waals surface area (Å²) in [6.07, 6.45) is 0.912. The Balaban J connectivity index is 1.58. The monoisotopic (exact) mass is 308 g/mol. The van der Waals surface area contributed by atoms with Crippen LogP contribution in [0.5, 0.6) is 5.75 Å². The lowest BCUT2D eigenvalue weighted by molar-refractivity contribution is 0.414. The minimum absolute atomic E-state index is 0.0272. The average molecular weight is 308 g/mol. The molecule has 0 amide bonds. The van der Waals surface area contributed by atoms with Gasteiger partial charge in [-0.15, -0.1) is 0 Å². The minimum Gasteiger partial charge on any atom is -0.497 e. The zero-order valence-electron chi connectivity index (χ0n) is 13.1. The number of H-pyrrole nitrogens is 1. The first-order chi connectivity index (χ1) is 11.3. The Hall–Kier alpha value is -2.59. The van der Waals surface area contributed by atoms with Gasteiger partial charge in [-0.3, -0.25) is 4.79 Å². The number of nitrogens with one attached hydrogen (secondary N) is 2. The Kier molecular flexibility index (Phi) is 4.74. The molecule has 0 bridgehead atoms.